The third-order valence-corrected chi connectivity index (χ3v) is 6.46. The molecule has 7 nitrogen and oxygen atoms in total. The van der Waals surface area contributed by atoms with Crippen molar-refractivity contribution in [1.29, 1.82) is 5.26 Å². The van der Waals surface area contributed by atoms with Gasteiger partial charge in [-0.15, -0.1) is 0 Å². The Balaban J connectivity index is 1.46. The highest BCUT2D eigenvalue weighted by molar-refractivity contribution is 7.90. The van der Waals surface area contributed by atoms with Gasteiger partial charge in [-0.1, -0.05) is 12.0 Å². The van der Waals surface area contributed by atoms with E-state index < -0.39 is 9.84 Å². The van der Waals surface area contributed by atoms with Crippen LogP contribution in [0.3, 0.4) is 0 Å². The predicted molar refractivity (Wildman–Crippen MR) is 131 cm³/mol. The summed E-state index contributed by atoms with van der Waals surface area (Å²) < 4.78 is 23.3. The molecule has 0 saturated heterocycles. The Morgan fingerprint density at radius 3 is 2.56 bits per heavy atom. The number of anilines is 2. The molecule has 0 atom stereocenters. The summed E-state index contributed by atoms with van der Waals surface area (Å²) in [6.07, 6.45) is 6.29. The quantitative estimate of drug-likeness (QED) is 0.380. The summed E-state index contributed by atoms with van der Waals surface area (Å²) in [6, 6.07) is 18.1. The molecule has 8 heteroatoms. The summed E-state index contributed by atoms with van der Waals surface area (Å²) in [5.41, 5.74) is 3.58. The Morgan fingerprint density at radius 2 is 1.79 bits per heavy atom. The lowest BCUT2D eigenvalue weighted by atomic mass is 10.1. The van der Waals surface area contributed by atoms with Crippen LogP contribution in [0, 0.1) is 23.2 Å². The van der Waals surface area contributed by atoms with Crippen LogP contribution in [0.5, 0.6) is 0 Å². The first-order valence-corrected chi connectivity index (χ1v) is 12.1. The van der Waals surface area contributed by atoms with E-state index in [0.29, 0.717) is 22.8 Å². The lowest BCUT2D eigenvalue weighted by Crippen LogP contribution is -1.98. The second-order valence-corrected chi connectivity index (χ2v) is 9.71. The average molecular weight is 464 g/mol. The van der Waals surface area contributed by atoms with E-state index in [1.807, 2.05) is 30.3 Å². The molecule has 2 aromatic carbocycles. The molecule has 0 fully saturated rings. The lowest BCUT2D eigenvalue weighted by molar-refractivity contribution is 0.602. The molecule has 0 unspecified atom stereocenters. The maximum absolute atomic E-state index is 11.7. The second-order valence-electron chi connectivity index (χ2n) is 7.70. The molecule has 164 valence electrons. The minimum Gasteiger partial charge on any atom is -0.360 e. The fourth-order valence-electron chi connectivity index (χ4n) is 3.59. The number of nitrogens with one attached hydrogen (secondary N) is 2. The maximum Gasteiger partial charge on any atom is 0.175 e. The Morgan fingerprint density at radius 1 is 0.971 bits per heavy atom. The number of aromatic amines is 1. The molecule has 0 amide bonds. The first-order chi connectivity index (χ1) is 16.4. The van der Waals surface area contributed by atoms with E-state index in [9.17, 15) is 8.42 Å². The van der Waals surface area contributed by atoms with Crippen molar-refractivity contribution in [2.75, 3.05) is 11.6 Å². The minimum absolute atomic E-state index is 0.257. The highest BCUT2D eigenvalue weighted by atomic mass is 32.2. The fourth-order valence-corrected chi connectivity index (χ4v) is 4.23. The van der Waals surface area contributed by atoms with Crippen LogP contribution in [0.4, 0.5) is 11.5 Å². The van der Waals surface area contributed by atoms with Gasteiger partial charge < -0.3 is 10.3 Å². The molecule has 2 N–H and O–H groups in total. The van der Waals surface area contributed by atoms with Crippen molar-refractivity contribution < 1.29 is 8.42 Å². The maximum atomic E-state index is 11.7. The summed E-state index contributed by atoms with van der Waals surface area (Å²) in [5, 5.41) is 15.0. The Bertz CT molecular complexity index is 1770. The molecule has 0 aliphatic rings. The van der Waals surface area contributed by atoms with E-state index in [1.165, 1.54) is 6.26 Å². The first kappa shape index (κ1) is 21.2. The Hall–Kier alpha value is -4.66. The number of fused-ring (bicyclic) bond motifs is 2. The van der Waals surface area contributed by atoms with Crippen molar-refractivity contribution in [1.82, 2.24) is 15.0 Å². The van der Waals surface area contributed by atoms with Gasteiger partial charge in [0.25, 0.3) is 0 Å². The molecule has 5 rings (SSSR count). The Labute approximate surface area is 196 Å². The molecule has 0 aliphatic heterocycles. The molecule has 3 heterocycles. The summed E-state index contributed by atoms with van der Waals surface area (Å²) in [5.74, 6) is 6.88. The molecule has 0 bridgehead atoms. The van der Waals surface area contributed by atoms with Crippen LogP contribution < -0.4 is 5.32 Å². The lowest BCUT2D eigenvalue weighted by Gasteiger charge is -2.08. The van der Waals surface area contributed by atoms with Gasteiger partial charge in [-0.05, 0) is 54.5 Å². The molecule has 0 radical (unpaired) electrons. The zero-order chi connectivity index (χ0) is 23.7. The number of benzene rings is 2. The molecular formula is C26H17N5O2S. The van der Waals surface area contributed by atoms with Crippen LogP contribution in [0.15, 0.2) is 78.1 Å². The van der Waals surface area contributed by atoms with Gasteiger partial charge >= 0.3 is 0 Å². The second kappa shape index (κ2) is 8.36. The smallest absolute Gasteiger partial charge is 0.175 e. The molecular weight excluding hydrogens is 446 g/mol. The topological polar surface area (TPSA) is 112 Å². The van der Waals surface area contributed by atoms with Crippen molar-refractivity contribution in [3.63, 3.8) is 0 Å². The van der Waals surface area contributed by atoms with E-state index >= 15 is 0 Å². The van der Waals surface area contributed by atoms with E-state index in [-0.39, 0.29) is 4.90 Å². The van der Waals surface area contributed by atoms with Gasteiger partial charge in [0.2, 0.25) is 0 Å². The van der Waals surface area contributed by atoms with Gasteiger partial charge in [0.1, 0.15) is 17.6 Å². The number of hydrogen-bond acceptors (Lipinski definition) is 6. The zero-order valence-electron chi connectivity index (χ0n) is 18.0. The fraction of sp³-hybridized carbons (Fsp3) is 0.0385. The summed E-state index contributed by atoms with van der Waals surface area (Å²) in [4.78, 5) is 12.2. The molecule has 5 aromatic rings. The van der Waals surface area contributed by atoms with Crippen LogP contribution >= 0.6 is 0 Å². The predicted octanol–water partition coefficient (Wildman–Crippen LogP) is 4.53. The van der Waals surface area contributed by atoms with Crippen molar-refractivity contribution >= 4 is 43.0 Å². The van der Waals surface area contributed by atoms with Gasteiger partial charge in [-0.3, -0.25) is 0 Å². The SMILES string of the molecule is CS(=O)(=O)c1ccc(Nc2cc3c(C#Cc4ccc5c(C#N)c[nH]c5c4)nccc3cn2)cc1. The number of rotatable bonds is 3. The summed E-state index contributed by atoms with van der Waals surface area (Å²) >= 11 is 0. The number of hydrogen-bond donors (Lipinski definition) is 2. The van der Waals surface area contributed by atoms with Gasteiger partial charge in [0, 0.05) is 57.8 Å². The normalized spacial score (nSPS) is 11.1. The Kier molecular flexibility index (Phi) is 5.21. The number of sulfone groups is 1. The van der Waals surface area contributed by atoms with Crippen molar-refractivity contribution in [3.8, 4) is 17.9 Å². The summed E-state index contributed by atoms with van der Waals surface area (Å²) in [7, 11) is -3.25. The highest BCUT2D eigenvalue weighted by Gasteiger charge is 2.08. The van der Waals surface area contributed by atoms with Crippen LogP contribution in [-0.4, -0.2) is 29.6 Å². The van der Waals surface area contributed by atoms with Crippen LogP contribution in [-0.2, 0) is 9.84 Å². The van der Waals surface area contributed by atoms with E-state index in [0.717, 1.165) is 27.2 Å². The van der Waals surface area contributed by atoms with E-state index in [1.54, 1.807) is 42.9 Å². The number of nitrogens with zero attached hydrogens (tertiary/aromatic N) is 3. The monoisotopic (exact) mass is 463 g/mol. The highest BCUT2D eigenvalue weighted by Crippen LogP contribution is 2.23. The van der Waals surface area contributed by atoms with Gasteiger partial charge in [-0.2, -0.15) is 5.26 Å². The average Bonchev–Trinajstić information content (AvgIpc) is 3.25. The van der Waals surface area contributed by atoms with Gasteiger partial charge in [-0.25, -0.2) is 18.4 Å². The van der Waals surface area contributed by atoms with Gasteiger partial charge in [0.05, 0.1) is 10.5 Å². The van der Waals surface area contributed by atoms with Crippen LogP contribution in [0.25, 0.3) is 21.7 Å². The third kappa shape index (κ3) is 4.18. The standard InChI is InChI=1S/C26H17N5O2S/c1-34(32,33)21-6-4-20(5-7-21)31-26-13-23-18(15-30-26)10-11-28-24(23)9-3-17-2-8-22-19(14-27)16-29-25(22)12-17/h2,4-8,10-13,15-16,29H,1H3,(H,30,31). The largest absolute Gasteiger partial charge is 0.360 e. The molecule has 34 heavy (non-hydrogen) atoms. The number of H-pyrrole nitrogens is 1. The molecule has 0 aliphatic carbocycles. The number of pyridine rings is 2. The minimum atomic E-state index is -3.25. The number of nitriles is 1. The first-order valence-electron chi connectivity index (χ1n) is 10.3. The third-order valence-electron chi connectivity index (χ3n) is 5.33. The molecule has 3 aromatic heterocycles. The van der Waals surface area contributed by atoms with Crippen molar-refractivity contribution in [3.05, 3.63) is 90.0 Å². The van der Waals surface area contributed by atoms with E-state index in [2.05, 4.69) is 38.2 Å². The summed E-state index contributed by atoms with van der Waals surface area (Å²) in [6.45, 7) is 0. The molecule has 0 saturated carbocycles. The van der Waals surface area contributed by atoms with Crippen LogP contribution in [0.2, 0.25) is 0 Å². The van der Waals surface area contributed by atoms with Crippen molar-refractivity contribution in [2.45, 2.75) is 4.90 Å². The van der Waals surface area contributed by atoms with Gasteiger partial charge in [0.15, 0.2) is 9.84 Å². The van der Waals surface area contributed by atoms with E-state index in [4.69, 9.17) is 5.26 Å². The van der Waals surface area contributed by atoms with Crippen molar-refractivity contribution in [2.24, 2.45) is 0 Å². The zero-order valence-corrected chi connectivity index (χ0v) is 18.8. The number of aromatic nitrogens is 3. The van der Waals surface area contributed by atoms with Crippen LogP contribution in [0.1, 0.15) is 16.8 Å². The molecule has 0 spiro atoms.